The van der Waals surface area contributed by atoms with Crippen molar-refractivity contribution in [2.24, 2.45) is 7.05 Å². The summed E-state index contributed by atoms with van der Waals surface area (Å²) in [5, 5.41) is 5.73. The molecule has 0 spiro atoms. The molecule has 1 aromatic carbocycles. The van der Waals surface area contributed by atoms with E-state index in [1.54, 1.807) is 41.3 Å². The van der Waals surface area contributed by atoms with Gasteiger partial charge in [-0.15, -0.1) is 0 Å². The van der Waals surface area contributed by atoms with E-state index in [0.29, 0.717) is 34.1 Å². The molecule has 0 amide bonds. The maximum Gasteiger partial charge on any atom is 0.162 e. The van der Waals surface area contributed by atoms with Crippen LogP contribution in [-0.4, -0.2) is 56.1 Å². The highest BCUT2D eigenvalue weighted by molar-refractivity contribution is 6.13. The third-order valence-corrected chi connectivity index (χ3v) is 5.96. The summed E-state index contributed by atoms with van der Waals surface area (Å²) in [6.07, 6.45) is 7.88. The lowest BCUT2D eigenvalue weighted by Crippen LogP contribution is -2.14. The minimum atomic E-state index is -0.418. The van der Waals surface area contributed by atoms with Gasteiger partial charge in [0.1, 0.15) is 11.5 Å². The van der Waals surface area contributed by atoms with Crippen LogP contribution in [0.2, 0.25) is 0 Å². The van der Waals surface area contributed by atoms with Gasteiger partial charge < -0.3 is 9.88 Å². The maximum atomic E-state index is 15.2. The Morgan fingerprint density at radius 1 is 1.09 bits per heavy atom. The number of benzene rings is 1. The predicted molar refractivity (Wildman–Crippen MR) is 131 cm³/mol. The van der Waals surface area contributed by atoms with Crippen molar-refractivity contribution in [1.29, 1.82) is 0 Å². The maximum absolute atomic E-state index is 15.2. The van der Waals surface area contributed by atoms with Gasteiger partial charge in [-0.25, -0.2) is 9.37 Å². The molecule has 34 heavy (non-hydrogen) atoms. The molecule has 0 radical (unpaired) electrons. The Hall–Kier alpha value is -3.91. The molecule has 4 heterocycles. The molecule has 4 aromatic heterocycles. The van der Waals surface area contributed by atoms with Crippen molar-refractivity contribution in [3.05, 3.63) is 66.5 Å². The number of nitrogens with zero attached hydrogens (tertiary/aromatic N) is 5. The van der Waals surface area contributed by atoms with Gasteiger partial charge in [-0.2, -0.15) is 5.10 Å². The van der Waals surface area contributed by atoms with E-state index in [1.807, 2.05) is 33.4 Å². The Labute approximate surface area is 196 Å². The van der Waals surface area contributed by atoms with E-state index < -0.39 is 5.82 Å². The van der Waals surface area contributed by atoms with Crippen LogP contribution in [0.3, 0.4) is 0 Å². The summed E-state index contributed by atoms with van der Waals surface area (Å²) in [6, 6.07) is 9.09. The summed E-state index contributed by atoms with van der Waals surface area (Å²) in [4.78, 5) is 26.6. The number of ketones is 1. The first kappa shape index (κ1) is 21.9. The molecule has 0 aliphatic carbocycles. The molecule has 0 saturated carbocycles. The second kappa shape index (κ2) is 8.79. The van der Waals surface area contributed by atoms with Gasteiger partial charge in [0, 0.05) is 47.1 Å². The number of Topliss-reactive ketones (excluding diaryl/α,β-unsaturated/α-hetero) is 1. The number of aromatic amines is 1. The normalized spacial score (nSPS) is 11.7. The van der Waals surface area contributed by atoms with Gasteiger partial charge in [0.05, 0.1) is 29.8 Å². The molecular weight excluding hydrogens is 431 g/mol. The number of hydrogen-bond donors (Lipinski definition) is 1. The molecule has 5 aromatic rings. The number of hydrogen-bond acceptors (Lipinski definition) is 5. The molecule has 0 atom stereocenters. The quantitative estimate of drug-likeness (QED) is 0.355. The van der Waals surface area contributed by atoms with E-state index in [1.165, 1.54) is 6.20 Å². The minimum absolute atomic E-state index is 0.0908. The van der Waals surface area contributed by atoms with Crippen LogP contribution in [0.1, 0.15) is 23.2 Å². The first-order valence-electron chi connectivity index (χ1n) is 11.1. The van der Waals surface area contributed by atoms with Gasteiger partial charge >= 0.3 is 0 Å². The summed E-state index contributed by atoms with van der Waals surface area (Å²) in [7, 11) is 5.83. The van der Waals surface area contributed by atoms with Crippen LogP contribution in [0.25, 0.3) is 44.3 Å². The molecule has 5 rings (SSSR count). The van der Waals surface area contributed by atoms with E-state index in [9.17, 15) is 4.79 Å². The van der Waals surface area contributed by atoms with Gasteiger partial charge in [-0.3, -0.25) is 14.5 Å². The zero-order valence-corrected chi connectivity index (χ0v) is 19.3. The predicted octanol–water partition coefficient (Wildman–Crippen LogP) is 4.84. The van der Waals surface area contributed by atoms with E-state index in [2.05, 4.69) is 25.0 Å². The minimum Gasteiger partial charge on any atom is -0.338 e. The number of halogens is 1. The Morgan fingerprint density at radius 2 is 1.88 bits per heavy atom. The molecule has 7 nitrogen and oxygen atoms in total. The van der Waals surface area contributed by atoms with Crippen LogP contribution in [0.5, 0.6) is 0 Å². The highest BCUT2D eigenvalue weighted by Gasteiger charge is 2.18. The average molecular weight is 457 g/mol. The number of H-pyrrole nitrogens is 1. The smallest absolute Gasteiger partial charge is 0.162 e. The molecule has 1 N–H and O–H groups in total. The van der Waals surface area contributed by atoms with Crippen LogP contribution in [0.4, 0.5) is 4.39 Å². The number of rotatable bonds is 7. The molecule has 172 valence electrons. The van der Waals surface area contributed by atoms with Gasteiger partial charge in [0.25, 0.3) is 0 Å². The van der Waals surface area contributed by atoms with Crippen molar-refractivity contribution in [2.75, 3.05) is 20.6 Å². The van der Waals surface area contributed by atoms with Crippen LogP contribution >= 0.6 is 0 Å². The number of carbonyl (C=O) groups excluding carboxylic acids is 1. The monoisotopic (exact) mass is 456 g/mol. The number of pyridine rings is 2. The number of fused-ring (bicyclic) bond motifs is 3. The third-order valence-electron chi connectivity index (χ3n) is 5.96. The van der Waals surface area contributed by atoms with Gasteiger partial charge in [-0.05, 0) is 38.7 Å². The fourth-order valence-corrected chi connectivity index (χ4v) is 4.25. The van der Waals surface area contributed by atoms with E-state index in [4.69, 9.17) is 0 Å². The molecule has 0 fully saturated rings. The van der Waals surface area contributed by atoms with Crippen molar-refractivity contribution in [3.8, 4) is 22.4 Å². The van der Waals surface area contributed by atoms with Gasteiger partial charge in [-0.1, -0.05) is 24.3 Å². The molecule has 0 bridgehead atoms. The summed E-state index contributed by atoms with van der Waals surface area (Å²) in [6.45, 7) is 0.862. The molecule has 0 aliphatic heterocycles. The first-order chi connectivity index (χ1) is 16.4. The Balaban J connectivity index is 1.56. The Bertz CT molecular complexity index is 1500. The summed E-state index contributed by atoms with van der Waals surface area (Å²) in [5.74, 6) is -0.328. The molecule has 0 unspecified atom stereocenters. The van der Waals surface area contributed by atoms with Crippen molar-refractivity contribution < 1.29 is 9.18 Å². The largest absolute Gasteiger partial charge is 0.338 e. The third kappa shape index (κ3) is 4.08. The number of aryl methyl sites for hydroxylation is 1. The zero-order chi connectivity index (χ0) is 23.8. The van der Waals surface area contributed by atoms with Gasteiger partial charge in [0.15, 0.2) is 5.78 Å². The lowest BCUT2D eigenvalue weighted by atomic mass is 9.98. The van der Waals surface area contributed by atoms with Crippen molar-refractivity contribution in [3.63, 3.8) is 0 Å². The SMILES string of the molecule is CN(C)CCCC(=O)c1ccc(-c2c(F)cnc3[nH]c4cnc(-c5cnn(C)c5)cc4c23)cc1. The van der Waals surface area contributed by atoms with Crippen LogP contribution in [0.15, 0.2) is 55.1 Å². The number of nitrogens with one attached hydrogen (secondary N) is 1. The topological polar surface area (TPSA) is 79.7 Å². The standard InChI is InChI=1S/C26H25FN6O/c1-32(2)10-4-5-23(34)16-6-8-17(9-7-16)24-20(27)13-29-26-25(24)19-11-21(28-14-22(19)31-26)18-12-30-33(3)15-18/h6-9,11-15H,4-5,10H2,1-3H3,(H,29,31). The lowest BCUT2D eigenvalue weighted by Gasteiger charge is -2.09. The van der Waals surface area contributed by atoms with Crippen LogP contribution in [-0.2, 0) is 7.05 Å². The zero-order valence-electron chi connectivity index (χ0n) is 19.3. The molecule has 0 aliphatic rings. The fraction of sp³-hybridized carbons (Fsp3) is 0.231. The van der Waals surface area contributed by atoms with Crippen LogP contribution in [0, 0.1) is 5.82 Å². The molecular formula is C26H25FN6O. The summed E-state index contributed by atoms with van der Waals surface area (Å²) < 4.78 is 16.9. The Morgan fingerprint density at radius 3 is 2.59 bits per heavy atom. The van der Waals surface area contributed by atoms with E-state index >= 15 is 4.39 Å². The number of carbonyl (C=O) groups is 1. The lowest BCUT2D eigenvalue weighted by molar-refractivity contribution is 0.0977. The van der Waals surface area contributed by atoms with Crippen molar-refractivity contribution >= 4 is 27.7 Å². The first-order valence-corrected chi connectivity index (χ1v) is 11.1. The van der Waals surface area contributed by atoms with Crippen LogP contribution < -0.4 is 0 Å². The fourth-order valence-electron chi connectivity index (χ4n) is 4.25. The van der Waals surface area contributed by atoms with E-state index in [0.717, 1.165) is 35.1 Å². The molecule has 8 heteroatoms. The number of aromatic nitrogens is 5. The van der Waals surface area contributed by atoms with Crippen molar-refractivity contribution in [1.82, 2.24) is 29.6 Å². The summed E-state index contributed by atoms with van der Waals surface area (Å²) >= 11 is 0. The molecule has 0 saturated heterocycles. The highest BCUT2D eigenvalue weighted by atomic mass is 19.1. The average Bonchev–Trinajstić information content (AvgIpc) is 3.42. The Kier molecular flexibility index (Phi) is 5.67. The van der Waals surface area contributed by atoms with E-state index in [-0.39, 0.29) is 5.78 Å². The van der Waals surface area contributed by atoms with Gasteiger partial charge in [0.2, 0.25) is 0 Å². The summed E-state index contributed by atoms with van der Waals surface area (Å²) in [5.41, 5.74) is 4.75. The second-order valence-corrected chi connectivity index (χ2v) is 8.75. The highest BCUT2D eigenvalue weighted by Crippen LogP contribution is 2.36. The van der Waals surface area contributed by atoms with Crippen molar-refractivity contribution in [2.45, 2.75) is 12.8 Å². The second-order valence-electron chi connectivity index (χ2n) is 8.75.